The first-order valence-electron chi connectivity index (χ1n) is 6.89. The van der Waals surface area contributed by atoms with Crippen molar-refractivity contribution in [3.8, 4) is 0 Å². The van der Waals surface area contributed by atoms with E-state index in [2.05, 4.69) is 19.7 Å². The smallest absolute Gasteiger partial charge is 0.281 e. The number of hydrogen-bond donors (Lipinski definition) is 3. The van der Waals surface area contributed by atoms with Crippen molar-refractivity contribution in [1.29, 1.82) is 0 Å². The lowest BCUT2D eigenvalue weighted by Crippen LogP contribution is -2.20. The zero-order chi connectivity index (χ0) is 18.1. The highest BCUT2D eigenvalue weighted by Gasteiger charge is 2.21. The molecule has 9 nitrogen and oxygen atoms in total. The van der Waals surface area contributed by atoms with E-state index in [1.54, 1.807) is 25.6 Å². The van der Waals surface area contributed by atoms with Crippen molar-refractivity contribution >= 4 is 31.4 Å². The van der Waals surface area contributed by atoms with Gasteiger partial charge in [0.1, 0.15) is 5.82 Å². The van der Waals surface area contributed by atoms with Crippen LogP contribution in [0.15, 0.2) is 34.3 Å². The Balaban J connectivity index is 2.49. The summed E-state index contributed by atoms with van der Waals surface area (Å²) in [4.78, 5) is 3.93. The summed E-state index contributed by atoms with van der Waals surface area (Å²) in [5.74, 6) is 0.538. The Morgan fingerprint density at radius 1 is 1.04 bits per heavy atom. The summed E-state index contributed by atoms with van der Waals surface area (Å²) >= 11 is 0. The predicted molar refractivity (Wildman–Crippen MR) is 91.0 cm³/mol. The second kappa shape index (κ2) is 6.42. The maximum Gasteiger partial charge on any atom is 0.281 e. The molecular formula is C13H19N5O4S2. The van der Waals surface area contributed by atoms with E-state index in [0.29, 0.717) is 11.5 Å². The molecule has 2 rings (SSSR count). The summed E-state index contributed by atoms with van der Waals surface area (Å²) in [5, 5.41) is 2.67. The molecule has 24 heavy (non-hydrogen) atoms. The minimum atomic E-state index is -3.95. The first kappa shape index (κ1) is 18.2. The van der Waals surface area contributed by atoms with Crippen molar-refractivity contribution < 1.29 is 16.8 Å². The lowest BCUT2D eigenvalue weighted by Gasteiger charge is -2.13. The maximum absolute atomic E-state index is 12.5. The van der Waals surface area contributed by atoms with Crippen LogP contribution < -0.4 is 14.8 Å². The third-order valence-corrected chi connectivity index (χ3v) is 6.09. The number of imidazole rings is 1. The molecule has 0 radical (unpaired) electrons. The van der Waals surface area contributed by atoms with Crippen LogP contribution in [0.5, 0.6) is 0 Å². The van der Waals surface area contributed by atoms with Crippen molar-refractivity contribution in [3.63, 3.8) is 0 Å². The zero-order valence-electron chi connectivity index (χ0n) is 13.7. The van der Waals surface area contributed by atoms with Gasteiger partial charge in [-0.15, -0.1) is 0 Å². The summed E-state index contributed by atoms with van der Waals surface area (Å²) in [5.41, 5.74) is 0.540. The van der Waals surface area contributed by atoms with E-state index in [9.17, 15) is 16.8 Å². The number of nitrogens with zero attached hydrogens (tertiary/aromatic N) is 2. The molecule has 0 atom stereocenters. The highest BCUT2D eigenvalue weighted by molar-refractivity contribution is 7.92. The zero-order valence-corrected chi connectivity index (χ0v) is 15.3. The average Bonchev–Trinajstić information content (AvgIpc) is 2.87. The number of anilines is 2. The fourth-order valence-electron chi connectivity index (χ4n) is 1.96. The number of hydrogen-bond acceptors (Lipinski definition) is 6. The molecule has 11 heteroatoms. The summed E-state index contributed by atoms with van der Waals surface area (Å²) < 4.78 is 54.9. The van der Waals surface area contributed by atoms with Crippen molar-refractivity contribution in [3.05, 3.63) is 30.2 Å². The molecule has 0 aliphatic heterocycles. The normalized spacial score (nSPS) is 12.2. The molecule has 132 valence electrons. The molecule has 0 fully saturated rings. The monoisotopic (exact) mass is 373 g/mol. The van der Waals surface area contributed by atoms with Gasteiger partial charge in [0.25, 0.3) is 10.0 Å². The fourth-order valence-corrected chi connectivity index (χ4v) is 3.83. The molecule has 1 heterocycles. The minimum absolute atomic E-state index is 0.0566. The number of aromatic nitrogens is 2. The molecule has 0 amide bonds. The van der Waals surface area contributed by atoms with E-state index in [0.717, 1.165) is 0 Å². The van der Waals surface area contributed by atoms with E-state index in [1.165, 1.54) is 31.4 Å². The van der Waals surface area contributed by atoms with E-state index in [1.807, 2.05) is 0 Å². The molecule has 0 aliphatic carbocycles. The van der Waals surface area contributed by atoms with Crippen LogP contribution in [0.25, 0.3) is 0 Å². The molecule has 0 bridgehead atoms. The van der Waals surface area contributed by atoms with E-state index in [4.69, 9.17) is 0 Å². The van der Waals surface area contributed by atoms with Crippen molar-refractivity contribution in [2.45, 2.75) is 16.8 Å². The van der Waals surface area contributed by atoms with Gasteiger partial charge in [0.15, 0.2) is 5.03 Å². The van der Waals surface area contributed by atoms with Crippen LogP contribution in [-0.2, 0) is 27.1 Å². The van der Waals surface area contributed by atoms with Crippen LogP contribution in [0.3, 0.4) is 0 Å². The number of sulfonamides is 2. The first-order chi connectivity index (χ1) is 11.1. The van der Waals surface area contributed by atoms with E-state index < -0.39 is 20.0 Å². The molecule has 3 N–H and O–H groups in total. The molecule has 1 aromatic carbocycles. The Bertz CT molecular complexity index is 945. The topological polar surface area (TPSA) is 122 Å². The molecule has 2 aromatic rings. The lowest BCUT2D eigenvalue weighted by molar-refractivity contribution is 0.587. The maximum atomic E-state index is 12.5. The Labute approximate surface area is 141 Å². The Morgan fingerprint density at radius 3 is 2.21 bits per heavy atom. The minimum Gasteiger partial charge on any atom is -0.386 e. The summed E-state index contributed by atoms with van der Waals surface area (Å²) in [7, 11) is -3.09. The highest BCUT2D eigenvalue weighted by atomic mass is 32.2. The average molecular weight is 373 g/mol. The van der Waals surface area contributed by atoms with Gasteiger partial charge < -0.3 is 9.88 Å². The molecule has 0 saturated heterocycles. The summed E-state index contributed by atoms with van der Waals surface area (Å²) in [6.45, 7) is 1.68. The standard InChI is InChI=1S/C13H19N5O4S2/c1-9-16-13(8-18(9)4)24(21,22)17-12-7-10(23(19,20)15-3)5-6-11(12)14-2/h5-8,14-15,17H,1-4H3. The van der Waals surface area contributed by atoms with Crippen LogP contribution >= 0.6 is 0 Å². The molecule has 0 spiro atoms. The van der Waals surface area contributed by atoms with Gasteiger partial charge in [0.05, 0.1) is 16.3 Å². The van der Waals surface area contributed by atoms with Gasteiger partial charge in [-0.05, 0) is 32.2 Å². The first-order valence-corrected chi connectivity index (χ1v) is 9.85. The molecule has 0 saturated carbocycles. The number of aryl methyl sites for hydroxylation is 2. The predicted octanol–water partition coefficient (Wildman–Crippen LogP) is 0.479. The van der Waals surface area contributed by atoms with Crippen LogP contribution in [0.4, 0.5) is 11.4 Å². The number of rotatable bonds is 6. The summed E-state index contributed by atoms with van der Waals surface area (Å²) in [6.07, 6.45) is 1.38. The molecule has 0 unspecified atom stereocenters. The van der Waals surface area contributed by atoms with E-state index in [-0.39, 0.29) is 15.6 Å². The molecule has 1 aromatic heterocycles. The highest BCUT2D eigenvalue weighted by Crippen LogP contribution is 2.27. The second-order valence-corrected chi connectivity index (χ2v) is 8.52. The van der Waals surface area contributed by atoms with Crippen molar-refractivity contribution in [1.82, 2.24) is 14.3 Å². The second-order valence-electron chi connectivity index (χ2n) is 5.01. The van der Waals surface area contributed by atoms with Gasteiger partial charge in [-0.3, -0.25) is 4.72 Å². The third-order valence-electron chi connectivity index (χ3n) is 3.45. The molecular weight excluding hydrogens is 354 g/mol. The van der Waals surface area contributed by atoms with Gasteiger partial charge in [-0.1, -0.05) is 0 Å². The SMILES string of the molecule is CNc1ccc(S(=O)(=O)NC)cc1NS(=O)(=O)c1cn(C)c(C)n1. The Hall–Kier alpha value is -2.11. The largest absolute Gasteiger partial charge is 0.386 e. The van der Waals surface area contributed by atoms with Gasteiger partial charge in [0.2, 0.25) is 10.0 Å². The van der Waals surface area contributed by atoms with Crippen LogP contribution in [0, 0.1) is 6.92 Å². The molecule has 0 aliphatic rings. The summed E-state index contributed by atoms with van der Waals surface area (Å²) in [6, 6.07) is 4.09. The van der Waals surface area contributed by atoms with Gasteiger partial charge in [-0.25, -0.2) is 18.1 Å². The van der Waals surface area contributed by atoms with Crippen LogP contribution in [0.1, 0.15) is 5.82 Å². The number of benzene rings is 1. The van der Waals surface area contributed by atoms with Crippen molar-refractivity contribution in [2.24, 2.45) is 7.05 Å². The van der Waals surface area contributed by atoms with E-state index >= 15 is 0 Å². The van der Waals surface area contributed by atoms with Gasteiger partial charge >= 0.3 is 0 Å². The fraction of sp³-hybridized carbons (Fsp3) is 0.308. The number of nitrogens with one attached hydrogen (secondary N) is 3. The van der Waals surface area contributed by atoms with Crippen LogP contribution in [-0.4, -0.2) is 40.5 Å². The Morgan fingerprint density at radius 2 is 1.71 bits per heavy atom. The lowest BCUT2D eigenvalue weighted by atomic mass is 10.3. The van der Waals surface area contributed by atoms with Gasteiger partial charge in [0, 0.05) is 20.3 Å². The van der Waals surface area contributed by atoms with Crippen LogP contribution in [0.2, 0.25) is 0 Å². The third kappa shape index (κ3) is 3.52. The van der Waals surface area contributed by atoms with Gasteiger partial charge in [-0.2, -0.15) is 8.42 Å². The van der Waals surface area contributed by atoms with Crippen molar-refractivity contribution in [2.75, 3.05) is 24.1 Å². The quantitative estimate of drug-likeness (QED) is 0.677. The Kier molecular flexibility index (Phi) is 4.87.